The van der Waals surface area contributed by atoms with Crippen LogP contribution in [0.2, 0.25) is 0 Å². The van der Waals surface area contributed by atoms with Gasteiger partial charge in [-0.25, -0.2) is 0 Å². The van der Waals surface area contributed by atoms with Gasteiger partial charge in [0.2, 0.25) is 0 Å². The molecular weight excluding hydrogens is 200 g/mol. The van der Waals surface area contributed by atoms with Gasteiger partial charge in [0.05, 0.1) is 11.7 Å². The van der Waals surface area contributed by atoms with Gasteiger partial charge >= 0.3 is 0 Å². The fraction of sp³-hybridized carbons (Fsp3) is 1.00. The van der Waals surface area contributed by atoms with E-state index in [2.05, 4.69) is 13.8 Å². The standard InChI is InChI=1S/C14H30O2/c1-4-6-7-9-13(15)10-8-12-14(3,16)11-5-2/h13,15-16H,4-12H2,1-3H3/t13-,14+/m1/s1. The predicted molar refractivity (Wildman–Crippen MR) is 69.5 cm³/mol. The highest BCUT2D eigenvalue weighted by Gasteiger charge is 2.18. The maximum Gasteiger partial charge on any atom is 0.0619 e. The first-order valence-corrected chi connectivity index (χ1v) is 6.92. The third-order valence-electron chi connectivity index (χ3n) is 3.18. The van der Waals surface area contributed by atoms with Gasteiger partial charge in [0.25, 0.3) is 0 Å². The zero-order valence-corrected chi connectivity index (χ0v) is 11.3. The number of hydrogen-bond donors (Lipinski definition) is 2. The monoisotopic (exact) mass is 230 g/mol. The second-order valence-electron chi connectivity index (χ2n) is 5.29. The summed E-state index contributed by atoms with van der Waals surface area (Å²) in [7, 11) is 0. The summed E-state index contributed by atoms with van der Waals surface area (Å²) in [5.41, 5.74) is -0.530. The molecule has 0 fully saturated rings. The van der Waals surface area contributed by atoms with Gasteiger partial charge in [-0.3, -0.25) is 0 Å². The number of aliphatic hydroxyl groups is 2. The first-order valence-electron chi connectivity index (χ1n) is 6.92. The third kappa shape index (κ3) is 9.17. The van der Waals surface area contributed by atoms with Crippen LogP contribution in [0.5, 0.6) is 0 Å². The highest BCUT2D eigenvalue weighted by Crippen LogP contribution is 2.20. The van der Waals surface area contributed by atoms with E-state index in [1.54, 1.807) is 0 Å². The van der Waals surface area contributed by atoms with E-state index >= 15 is 0 Å². The van der Waals surface area contributed by atoms with Crippen molar-refractivity contribution in [3.63, 3.8) is 0 Å². The number of rotatable bonds is 10. The van der Waals surface area contributed by atoms with E-state index in [1.807, 2.05) is 6.92 Å². The van der Waals surface area contributed by atoms with Gasteiger partial charge in [0.1, 0.15) is 0 Å². The molecule has 0 amide bonds. The van der Waals surface area contributed by atoms with Crippen molar-refractivity contribution in [3.05, 3.63) is 0 Å². The van der Waals surface area contributed by atoms with Crippen molar-refractivity contribution >= 4 is 0 Å². The Bertz CT molecular complexity index is 155. The van der Waals surface area contributed by atoms with Crippen molar-refractivity contribution in [1.82, 2.24) is 0 Å². The van der Waals surface area contributed by atoms with Crippen LogP contribution in [0.3, 0.4) is 0 Å². The summed E-state index contributed by atoms with van der Waals surface area (Å²) in [5.74, 6) is 0. The molecule has 98 valence electrons. The van der Waals surface area contributed by atoms with E-state index in [1.165, 1.54) is 12.8 Å². The van der Waals surface area contributed by atoms with Gasteiger partial charge < -0.3 is 10.2 Å². The molecule has 16 heavy (non-hydrogen) atoms. The number of hydrogen-bond acceptors (Lipinski definition) is 2. The van der Waals surface area contributed by atoms with Crippen LogP contribution >= 0.6 is 0 Å². The Morgan fingerprint density at radius 1 is 0.938 bits per heavy atom. The molecule has 0 aliphatic carbocycles. The van der Waals surface area contributed by atoms with Crippen LogP contribution < -0.4 is 0 Å². The molecule has 0 unspecified atom stereocenters. The molecule has 0 saturated carbocycles. The average Bonchev–Trinajstić information content (AvgIpc) is 2.17. The molecule has 0 aliphatic rings. The summed E-state index contributed by atoms with van der Waals surface area (Å²) in [5, 5.41) is 19.7. The molecule has 2 N–H and O–H groups in total. The SMILES string of the molecule is CCCCC[C@@H](O)CCC[C@@](C)(O)CCC. The lowest BCUT2D eigenvalue weighted by atomic mass is 9.92. The summed E-state index contributed by atoms with van der Waals surface area (Å²) >= 11 is 0. The molecule has 0 aromatic rings. The lowest BCUT2D eigenvalue weighted by Gasteiger charge is -2.23. The molecule has 0 spiro atoms. The van der Waals surface area contributed by atoms with Crippen LogP contribution in [0.4, 0.5) is 0 Å². The zero-order chi connectivity index (χ0) is 12.4. The molecule has 2 heteroatoms. The Balaban J connectivity index is 3.49. The Labute approximate surface area is 101 Å². The first-order chi connectivity index (χ1) is 7.52. The van der Waals surface area contributed by atoms with Crippen LogP contribution in [-0.2, 0) is 0 Å². The van der Waals surface area contributed by atoms with Crippen molar-refractivity contribution in [1.29, 1.82) is 0 Å². The molecule has 0 radical (unpaired) electrons. The second-order valence-corrected chi connectivity index (χ2v) is 5.29. The van der Waals surface area contributed by atoms with E-state index < -0.39 is 5.60 Å². The van der Waals surface area contributed by atoms with E-state index in [9.17, 15) is 10.2 Å². The van der Waals surface area contributed by atoms with E-state index in [4.69, 9.17) is 0 Å². The fourth-order valence-electron chi connectivity index (χ4n) is 2.16. The number of aliphatic hydroxyl groups excluding tert-OH is 1. The summed E-state index contributed by atoms with van der Waals surface area (Å²) in [4.78, 5) is 0. The summed E-state index contributed by atoms with van der Waals surface area (Å²) in [6, 6.07) is 0. The summed E-state index contributed by atoms with van der Waals surface area (Å²) < 4.78 is 0. The summed E-state index contributed by atoms with van der Waals surface area (Å²) in [6.45, 7) is 6.17. The van der Waals surface area contributed by atoms with Gasteiger partial charge in [-0.1, -0.05) is 39.5 Å². The van der Waals surface area contributed by atoms with Crippen molar-refractivity contribution in [2.75, 3.05) is 0 Å². The minimum absolute atomic E-state index is 0.163. The van der Waals surface area contributed by atoms with Crippen molar-refractivity contribution < 1.29 is 10.2 Å². The molecule has 0 saturated heterocycles. The van der Waals surface area contributed by atoms with Crippen LogP contribution in [-0.4, -0.2) is 21.9 Å². The van der Waals surface area contributed by atoms with Crippen LogP contribution in [0.1, 0.15) is 78.6 Å². The summed E-state index contributed by atoms with van der Waals surface area (Å²) in [6.07, 6.45) is 8.76. The molecule has 0 bridgehead atoms. The normalized spacial score (nSPS) is 17.1. The van der Waals surface area contributed by atoms with Crippen molar-refractivity contribution in [2.24, 2.45) is 0 Å². The quantitative estimate of drug-likeness (QED) is 0.562. The molecule has 0 aromatic carbocycles. The largest absolute Gasteiger partial charge is 0.393 e. The minimum atomic E-state index is -0.530. The third-order valence-corrected chi connectivity index (χ3v) is 3.18. The molecule has 2 nitrogen and oxygen atoms in total. The van der Waals surface area contributed by atoms with Gasteiger partial charge in [-0.15, -0.1) is 0 Å². The number of unbranched alkanes of at least 4 members (excludes halogenated alkanes) is 2. The van der Waals surface area contributed by atoms with Crippen LogP contribution in [0.25, 0.3) is 0 Å². The Hall–Kier alpha value is -0.0800. The molecular formula is C14H30O2. The lowest BCUT2D eigenvalue weighted by molar-refractivity contribution is 0.0340. The van der Waals surface area contributed by atoms with Crippen LogP contribution in [0.15, 0.2) is 0 Å². The smallest absolute Gasteiger partial charge is 0.0619 e. The van der Waals surface area contributed by atoms with Gasteiger partial charge in [0.15, 0.2) is 0 Å². The molecule has 0 aliphatic heterocycles. The van der Waals surface area contributed by atoms with Gasteiger partial charge in [-0.2, -0.15) is 0 Å². The van der Waals surface area contributed by atoms with Crippen molar-refractivity contribution in [3.8, 4) is 0 Å². The van der Waals surface area contributed by atoms with Gasteiger partial charge in [0, 0.05) is 0 Å². The Morgan fingerprint density at radius 2 is 1.56 bits per heavy atom. The highest BCUT2D eigenvalue weighted by atomic mass is 16.3. The van der Waals surface area contributed by atoms with Crippen LogP contribution in [0, 0.1) is 0 Å². The molecule has 0 rings (SSSR count). The van der Waals surface area contributed by atoms with E-state index in [-0.39, 0.29) is 6.10 Å². The first kappa shape index (κ1) is 15.9. The molecule has 2 atom stereocenters. The minimum Gasteiger partial charge on any atom is -0.393 e. The van der Waals surface area contributed by atoms with E-state index in [0.29, 0.717) is 0 Å². The molecule has 0 heterocycles. The Morgan fingerprint density at radius 3 is 2.12 bits per heavy atom. The fourth-order valence-corrected chi connectivity index (χ4v) is 2.16. The maximum absolute atomic E-state index is 9.96. The second kappa shape index (κ2) is 9.00. The lowest BCUT2D eigenvalue weighted by Crippen LogP contribution is -2.24. The topological polar surface area (TPSA) is 40.5 Å². The Kier molecular flexibility index (Phi) is 8.96. The van der Waals surface area contributed by atoms with Gasteiger partial charge in [-0.05, 0) is 39.0 Å². The predicted octanol–water partition coefficient (Wildman–Crippen LogP) is 3.65. The van der Waals surface area contributed by atoms with Crippen molar-refractivity contribution in [2.45, 2.75) is 90.3 Å². The van der Waals surface area contributed by atoms with E-state index in [0.717, 1.165) is 44.9 Å². The highest BCUT2D eigenvalue weighted by molar-refractivity contribution is 4.72. The zero-order valence-electron chi connectivity index (χ0n) is 11.3. The average molecular weight is 230 g/mol. The maximum atomic E-state index is 9.96. The molecule has 0 aromatic heterocycles.